The molecule has 2 rings (SSSR count). The highest BCUT2D eigenvalue weighted by Gasteiger charge is 2.02. The molecule has 4 heteroatoms. The maximum absolute atomic E-state index is 10.4. The Bertz CT molecular complexity index is 411. The summed E-state index contributed by atoms with van der Waals surface area (Å²) in [6, 6.07) is 3.55. The molecular formula is C9H6N2OS. The molecule has 0 aliphatic heterocycles. The maximum atomic E-state index is 10.4. The summed E-state index contributed by atoms with van der Waals surface area (Å²) >= 11 is 1.40. The lowest BCUT2D eigenvalue weighted by Gasteiger charge is -1.91. The Morgan fingerprint density at radius 1 is 1.31 bits per heavy atom. The molecule has 0 aromatic carbocycles. The second-order valence-corrected chi connectivity index (χ2v) is 3.37. The van der Waals surface area contributed by atoms with Crippen molar-refractivity contribution in [1.82, 2.24) is 9.97 Å². The Hall–Kier alpha value is -1.55. The fraction of sp³-hybridized carbons (Fsp3) is 0. The summed E-state index contributed by atoms with van der Waals surface area (Å²) in [7, 11) is 0. The third-order valence-electron chi connectivity index (χ3n) is 1.56. The third kappa shape index (κ3) is 1.62. The molecule has 2 heterocycles. The van der Waals surface area contributed by atoms with E-state index in [9.17, 15) is 4.79 Å². The van der Waals surface area contributed by atoms with Crippen LogP contribution in [-0.4, -0.2) is 16.3 Å². The largest absolute Gasteiger partial charge is 0.297 e. The molecule has 3 nitrogen and oxygen atoms in total. The topological polar surface area (TPSA) is 42.9 Å². The normalized spacial score (nSPS) is 9.85. The van der Waals surface area contributed by atoms with Crippen LogP contribution in [0.25, 0.3) is 11.4 Å². The zero-order valence-electron chi connectivity index (χ0n) is 6.68. The zero-order chi connectivity index (χ0) is 9.10. The lowest BCUT2D eigenvalue weighted by Crippen LogP contribution is -1.83. The van der Waals surface area contributed by atoms with Crippen LogP contribution in [0.4, 0.5) is 0 Å². The Labute approximate surface area is 79.1 Å². The van der Waals surface area contributed by atoms with Gasteiger partial charge in [0, 0.05) is 23.3 Å². The standard InChI is InChI=1S/C9H6N2OS/c12-5-8-4-7(6-13-8)9-10-2-1-3-11-9/h1-6H. The van der Waals surface area contributed by atoms with Crippen molar-refractivity contribution in [3.63, 3.8) is 0 Å². The van der Waals surface area contributed by atoms with Gasteiger partial charge in [0.05, 0.1) is 4.88 Å². The molecule has 64 valence electrons. The summed E-state index contributed by atoms with van der Waals surface area (Å²) in [6.07, 6.45) is 4.19. The highest BCUT2D eigenvalue weighted by atomic mass is 32.1. The van der Waals surface area contributed by atoms with Gasteiger partial charge in [0.1, 0.15) is 0 Å². The molecule has 0 N–H and O–H groups in total. The molecule has 0 saturated heterocycles. The van der Waals surface area contributed by atoms with Gasteiger partial charge in [0.25, 0.3) is 0 Å². The number of hydrogen-bond acceptors (Lipinski definition) is 4. The van der Waals surface area contributed by atoms with Crippen LogP contribution in [0.3, 0.4) is 0 Å². The molecule has 13 heavy (non-hydrogen) atoms. The predicted molar refractivity (Wildman–Crippen MR) is 50.7 cm³/mol. The first-order valence-corrected chi connectivity index (χ1v) is 4.59. The molecule has 0 aliphatic carbocycles. The average molecular weight is 190 g/mol. The average Bonchev–Trinajstić information content (AvgIpc) is 2.67. The van der Waals surface area contributed by atoms with Crippen molar-refractivity contribution in [3.05, 3.63) is 34.8 Å². The minimum absolute atomic E-state index is 0.659. The first kappa shape index (κ1) is 8.07. The molecule has 0 amide bonds. The zero-order valence-corrected chi connectivity index (χ0v) is 7.49. The van der Waals surface area contributed by atoms with E-state index in [1.807, 2.05) is 5.38 Å². The van der Waals surface area contributed by atoms with Crippen molar-refractivity contribution in [3.8, 4) is 11.4 Å². The molecular weight excluding hydrogens is 184 g/mol. The Balaban J connectivity index is 2.41. The summed E-state index contributed by atoms with van der Waals surface area (Å²) in [5, 5.41) is 1.87. The lowest BCUT2D eigenvalue weighted by atomic mass is 10.3. The summed E-state index contributed by atoms with van der Waals surface area (Å²) in [6.45, 7) is 0. The highest BCUT2D eigenvalue weighted by Crippen LogP contribution is 2.20. The molecule has 2 aromatic heterocycles. The maximum Gasteiger partial charge on any atom is 0.160 e. The smallest absolute Gasteiger partial charge is 0.160 e. The van der Waals surface area contributed by atoms with Crippen LogP contribution in [0.1, 0.15) is 9.67 Å². The number of hydrogen-bond donors (Lipinski definition) is 0. The van der Waals surface area contributed by atoms with Crippen molar-refractivity contribution < 1.29 is 4.79 Å². The van der Waals surface area contributed by atoms with Gasteiger partial charge < -0.3 is 0 Å². The van der Waals surface area contributed by atoms with Crippen LogP contribution in [0, 0.1) is 0 Å². The van der Waals surface area contributed by atoms with Gasteiger partial charge in [-0.2, -0.15) is 0 Å². The Morgan fingerprint density at radius 2 is 2.08 bits per heavy atom. The number of thiophene rings is 1. The Morgan fingerprint density at radius 3 is 2.69 bits per heavy atom. The number of aldehydes is 1. The molecule has 0 bridgehead atoms. The van der Waals surface area contributed by atoms with Gasteiger partial charge in [-0.3, -0.25) is 4.79 Å². The molecule has 0 radical (unpaired) electrons. The SMILES string of the molecule is O=Cc1cc(-c2ncccn2)cs1. The third-order valence-corrected chi connectivity index (χ3v) is 2.42. The second kappa shape index (κ2) is 3.45. The Kier molecular flexibility index (Phi) is 2.14. The van der Waals surface area contributed by atoms with E-state index in [1.165, 1.54) is 11.3 Å². The fourth-order valence-corrected chi connectivity index (χ4v) is 1.67. The van der Waals surface area contributed by atoms with E-state index < -0.39 is 0 Å². The predicted octanol–water partition coefficient (Wildman–Crippen LogP) is 2.02. The van der Waals surface area contributed by atoms with Gasteiger partial charge in [-0.15, -0.1) is 11.3 Å². The van der Waals surface area contributed by atoms with Crippen LogP contribution in [0.5, 0.6) is 0 Å². The summed E-state index contributed by atoms with van der Waals surface area (Å²) in [5.74, 6) is 0.659. The van der Waals surface area contributed by atoms with Gasteiger partial charge in [-0.1, -0.05) is 0 Å². The minimum Gasteiger partial charge on any atom is -0.297 e. The van der Waals surface area contributed by atoms with Crippen molar-refractivity contribution in [1.29, 1.82) is 0 Å². The molecule has 0 aliphatic rings. The summed E-state index contributed by atoms with van der Waals surface area (Å²) in [4.78, 5) is 19.3. The lowest BCUT2D eigenvalue weighted by molar-refractivity contribution is 0.112. The monoisotopic (exact) mass is 190 g/mol. The van der Waals surface area contributed by atoms with Crippen LogP contribution in [0.2, 0.25) is 0 Å². The van der Waals surface area contributed by atoms with Crippen molar-refractivity contribution in [2.75, 3.05) is 0 Å². The number of carbonyl (C=O) groups excluding carboxylic acids is 1. The van der Waals surface area contributed by atoms with E-state index in [4.69, 9.17) is 0 Å². The van der Waals surface area contributed by atoms with Crippen LogP contribution in [-0.2, 0) is 0 Å². The van der Waals surface area contributed by atoms with E-state index in [1.54, 1.807) is 24.5 Å². The van der Waals surface area contributed by atoms with Crippen molar-refractivity contribution in [2.45, 2.75) is 0 Å². The molecule has 0 unspecified atom stereocenters. The first-order chi connectivity index (χ1) is 6.40. The van der Waals surface area contributed by atoms with Crippen molar-refractivity contribution >= 4 is 17.6 Å². The number of nitrogens with zero attached hydrogens (tertiary/aromatic N) is 2. The molecule has 0 atom stereocenters. The van der Waals surface area contributed by atoms with E-state index in [0.717, 1.165) is 11.8 Å². The van der Waals surface area contributed by atoms with E-state index in [0.29, 0.717) is 10.7 Å². The van der Waals surface area contributed by atoms with Gasteiger partial charge in [-0.05, 0) is 12.1 Å². The van der Waals surface area contributed by atoms with Crippen LogP contribution >= 0.6 is 11.3 Å². The first-order valence-electron chi connectivity index (χ1n) is 3.71. The van der Waals surface area contributed by atoms with E-state index in [-0.39, 0.29) is 0 Å². The minimum atomic E-state index is 0.659. The van der Waals surface area contributed by atoms with Gasteiger partial charge in [0.2, 0.25) is 0 Å². The van der Waals surface area contributed by atoms with Crippen LogP contribution in [0.15, 0.2) is 29.9 Å². The fourth-order valence-electron chi connectivity index (χ4n) is 0.980. The molecule has 2 aromatic rings. The number of carbonyl (C=O) groups is 1. The van der Waals surface area contributed by atoms with Crippen LogP contribution < -0.4 is 0 Å². The van der Waals surface area contributed by atoms with Crippen molar-refractivity contribution in [2.24, 2.45) is 0 Å². The highest BCUT2D eigenvalue weighted by molar-refractivity contribution is 7.12. The second-order valence-electron chi connectivity index (χ2n) is 2.43. The summed E-state index contributed by atoms with van der Waals surface area (Å²) < 4.78 is 0. The molecule has 0 fully saturated rings. The molecule has 0 saturated carbocycles. The number of rotatable bonds is 2. The van der Waals surface area contributed by atoms with E-state index >= 15 is 0 Å². The summed E-state index contributed by atoms with van der Waals surface area (Å²) in [5.41, 5.74) is 0.896. The van der Waals surface area contributed by atoms with E-state index in [2.05, 4.69) is 9.97 Å². The quantitative estimate of drug-likeness (QED) is 0.680. The van der Waals surface area contributed by atoms with Gasteiger partial charge in [-0.25, -0.2) is 9.97 Å². The van der Waals surface area contributed by atoms with Gasteiger partial charge in [0.15, 0.2) is 12.1 Å². The van der Waals surface area contributed by atoms with Gasteiger partial charge >= 0.3 is 0 Å². The number of aromatic nitrogens is 2. The molecule has 0 spiro atoms.